The number of H-pyrrole nitrogens is 1. The third kappa shape index (κ3) is 6.18. The molecule has 3 amide bonds. The molecule has 0 unspecified atom stereocenters. The number of fused-ring (bicyclic) bond motifs is 1. The minimum Gasteiger partial charge on any atom is -0.406 e. The first-order chi connectivity index (χ1) is 18.6. The number of aromatic amines is 1. The number of halogens is 4. The average Bonchev–Trinajstić information content (AvgIpc) is 3.48. The summed E-state index contributed by atoms with van der Waals surface area (Å²) in [7, 11) is 0. The first-order valence-corrected chi connectivity index (χ1v) is 11.4. The summed E-state index contributed by atoms with van der Waals surface area (Å²) in [6.07, 6.45) is -1.39. The van der Waals surface area contributed by atoms with Crippen LogP contribution < -0.4 is 26.0 Å². The molecule has 39 heavy (non-hydrogen) atoms. The molecule has 198 valence electrons. The van der Waals surface area contributed by atoms with Gasteiger partial charge in [-0.3, -0.25) is 4.79 Å². The number of benzene rings is 3. The van der Waals surface area contributed by atoms with E-state index < -0.39 is 24.0 Å². The van der Waals surface area contributed by atoms with Crippen LogP contribution in [0.1, 0.15) is 11.3 Å². The predicted octanol–water partition coefficient (Wildman–Crippen LogP) is 6.93. The van der Waals surface area contributed by atoms with Gasteiger partial charge in [-0.25, -0.2) is 9.18 Å². The molecule has 1 aromatic heterocycles. The number of carbonyl (C=O) groups is 2. The van der Waals surface area contributed by atoms with Gasteiger partial charge in [-0.05, 0) is 60.7 Å². The van der Waals surface area contributed by atoms with Gasteiger partial charge in [0, 0.05) is 40.6 Å². The molecule has 0 aliphatic carbocycles. The summed E-state index contributed by atoms with van der Waals surface area (Å²) >= 11 is 0. The molecule has 12 heteroatoms. The fraction of sp³-hybridized carbons (Fsp3) is 0.0370. The fourth-order valence-corrected chi connectivity index (χ4v) is 3.92. The third-order valence-electron chi connectivity index (χ3n) is 5.55. The molecular weight excluding hydrogens is 518 g/mol. The molecule has 3 aromatic carbocycles. The topological polar surface area (TPSA) is 107 Å². The molecule has 0 saturated heterocycles. The summed E-state index contributed by atoms with van der Waals surface area (Å²) in [5, 5.41) is 10.6. The summed E-state index contributed by atoms with van der Waals surface area (Å²) in [5.41, 5.74) is 3.29. The maximum absolute atomic E-state index is 14.6. The van der Waals surface area contributed by atoms with Crippen LogP contribution in [0.25, 0.3) is 11.6 Å². The molecule has 0 saturated carbocycles. The number of nitrogens with one attached hydrogen (secondary N) is 5. The molecule has 0 bridgehead atoms. The van der Waals surface area contributed by atoms with Crippen LogP contribution >= 0.6 is 0 Å². The van der Waals surface area contributed by atoms with Crippen LogP contribution in [0.5, 0.6) is 5.75 Å². The molecule has 1 aliphatic rings. The van der Waals surface area contributed by atoms with Crippen LogP contribution in [0, 0.1) is 5.82 Å². The lowest BCUT2D eigenvalue weighted by Crippen LogP contribution is -2.20. The highest BCUT2D eigenvalue weighted by atomic mass is 19.4. The molecule has 0 spiro atoms. The monoisotopic (exact) mass is 537 g/mol. The Morgan fingerprint density at radius 3 is 2.41 bits per heavy atom. The second kappa shape index (κ2) is 10.2. The van der Waals surface area contributed by atoms with Crippen molar-refractivity contribution in [1.29, 1.82) is 0 Å². The maximum atomic E-state index is 14.6. The molecule has 0 atom stereocenters. The number of amides is 3. The highest BCUT2D eigenvalue weighted by Gasteiger charge is 2.31. The first kappa shape index (κ1) is 25.4. The van der Waals surface area contributed by atoms with Gasteiger partial charge >= 0.3 is 12.4 Å². The number of alkyl halides is 3. The second-order valence-electron chi connectivity index (χ2n) is 8.37. The van der Waals surface area contributed by atoms with E-state index in [2.05, 4.69) is 31.0 Å². The van der Waals surface area contributed by atoms with E-state index in [0.29, 0.717) is 22.5 Å². The lowest BCUT2D eigenvalue weighted by molar-refractivity contribution is -0.274. The third-order valence-corrected chi connectivity index (χ3v) is 5.55. The van der Waals surface area contributed by atoms with Crippen LogP contribution in [0.15, 0.2) is 79.0 Å². The van der Waals surface area contributed by atoms with Gasteiger partial charge in [0.25, 0.3) is 5.91 Å². The Hall–Kier alpha value is -5.26. The Labute approximate surface area is 218 Å². The molecule has 5 rings (SSSR count). The molecule has 0 fully saturated rings. The van der Waals surface area contributed by atoms with Gasteiger partial charge in [-0.2, -0.15) is 0 Å². The standard InChI is InChI=1S/C27H19F4N5O3/c28-22-9-7-18(35-26(38)34-16-3-1-5-19(11-16)39-27(29,30)31)14-24(22)33-17-6-8-20-21(12-15-4-2-10-32-15)25(37)36-23(20)13-17/h1-14,32-33H,(H,36,37)(H2,34,35,38)/b21-12+. The summed E-state index contributed by atoms with van der Waals surface area (Å²) in [4.78, 5) is 27.9. The van der Waals surface area contributed by atoms with Crippen molar-refractivity contribution in [3.63, 3.8) is 0 Å². The van der Waals surface area contributed by atoms with Crippen molar-refractivity contribution < 1.29 is 31.9 Å². The lowest BCUT2D eigenvalue weighted by Gasteiger charge is -2.13. The van der Waals surface area contributed by atoms with Crippen LogP contribution in [0.2, 0.25) is 0 Å². The van der Waals surface area contributed by atoms with Crippen LogP contribution in [0.4, 0.5) is 50.8 Å². The van der Waals surface area contributed by atoms with Crippen molar-refractivity contribution in [3.8, 4) is 5.75 Å². The predicted molar refractivity (Wildman–Crippen MR) is 139 cm³/mol. The average molecular weight is 537 g/mol. The zero-order valence-electron chi connectivity index (χ0n) is 19.8. The molecule has 1 aliphatic heterocycles. The van der Waals surface area contributed by atoms with Gasteiger partial charge in [0.2, 0.25) is 0 Å². The van der Waals surface area contributed by atoms with Crippen LogP contribution in [0.3, 0.4) is 0 Å². The van der Waals surface area contributed by atoms with E-state index in [9.17, 15) is 27.2 Å². The Morgan fingerprint density at radius 2 is 1.67 bits per heavy atom. The minimum atomic E-state index is -4.87. The fourth-order valence-electron chi connectivity index (χ4n) is 3.92. The van der Waals surface area contributed by atoms with E-state index in [4.69, 9.17) is 0 Å². The quantitative estimate of drug-likeness (QED) is 0.136. The normalized spacial score (nSPS) is 13.5. The minimum absolute atomic E-state index is 0.0415. The maximum Gasteiger partial charge on any atom is 0.573 e. The van der Waals surface area contributed by atoms with Gasteiger partial charge in [0.1, 0.15) is 11.6 Å². The van der Waals surface area contributed by atoms with Gasteiger partial charge in [-0.1, -0.05) is 12.1 Å². The van der Waals surface area contributed by atoms with Gasteiger partial charge in [-0.15, -0.1) is 13.2 Å². The van der Waals surface area contributed by atoms with Crippen LogP contribution in [-0.2, 0) is 4.79 Å². The number of hydrogen-bond donors (Lipinski definition) is 5. The largest absolute Gasteiger partial charge is 0.573 e. The molecule has 8 nitrogen and oxygen atoms in total. The van der Waals surface area contributed by atoms with Gasteiger partial charge in [0.05, 0.1) is 16.9 Å². The zero-order valence-corrected chi connectivity index (χ0v) is 19.8. The molecule has 0 radical (unpaired) electrons. The van der Waals surface area contributed by atoms with Crippen molar-refractivity contribution in [1.82, 2.24) is 4.98 Å². The SMILES string of the molecule is O=C(Nc1cccc(OC(F)(F)F)c1)Nc1ccc(F)c(Nc2ccc3c(c2)NC(=O)/C3=C/c2ccc[nH]2)c1. The van der Waals surface area contributed by atoms with Crippen molar-refractivity contribution in [2.75, 3.05) is 21.3 Å². The number of ether oxygens (including phenoxy) is 1. The number of aromatic nitrogens is 1. The lowest BCUT2D eigenvalue weighted by atomic mass is 10.1. The van der Waals surface area contributed by atoms with E-state index >= 15 is 0 Å². The van der Waals surface area contributed by atoms with E-state index in [1.807, 2.05) is 12.1 Å². The Kier molecular flexibility index (Phi) is 6.67. The first-order valence-electron chi connectivity index (χ1n) is 11.4. The van der Waals surface area contributed by atoms with Crippen molar-refractivity contribution in [2.24, 2.45) is 0 Å². The van der Waals surface area contributed by atoms with E-state index in [0.717, 1.165) is 23.9 Å². The van der Waals surface area contributed by atoms with Crippen LogP contribution in [-0.4, -0.2) is 23.3 Å². The summed E-state index contributed by atoms with van der Waals surface area (Å²) in [6.45, 7) is 0. The molecular formula is C27H19F4N5O3. The van der Waals surface area contributed by atoms with Crippen molar-refractivity contribution in [2.45, 2.75) is 6.36 Å². The Balaban J connectivity index is 1.28. The van der Waals surface area contributed by atoms with Crippen molar-refractivity contribution >= 4 is 52.0 Å². The summed E-state index contributed by atoms with van der Waals surface area (Å²) in [6, 6.07) is 16.5. The highest BCUT2D eigenvalue weighted by Crippen LogP contribution is 2.36. The highest BCUT2D eigenvalue weighted by molar-refractivity contribution is 6.35. The van der Waals surface area contributed by atoms with Gasteiger partial charge < -0.3 is 31.0 Å². The van der Waals surface area contributed by atoms with Crippen molar-refractivity contribution in [3.05, 3.63) is 96.1 Å². The summed E-state index contributed by atoms with van der Waals surface area (Å²) < 4.78 is 55.7. The number of rotatable bonds is 6. The molecule has 5 N–H and O–H groups in total. The number of hydrogen-bond acceptors (Lipinski definition) is 4. The zero-order chi connectivity index (χ0) is 27.6. The number of anilines is 5. The second-order valence-corrected chi connectivity index (χ2v) is 8.37. The molecule has 4 aromatic rings. The Morgan fingerprint density at radius 1 is 0.897 bits per heavy atom. The number of carbonyl (C=O) groups excluding carboxylic acids is 2. The smallest absolute Gasteiger partial charge is 0.406 e. The Bertz CT molecular complexity index is 1580. The van der Waals surface area contributed by atoms with E-state index in [1.165, 1.54) is 24.3 Å². The summed E-state index contributed by atoms with van der Waals surface area (Å²) in [5.74, 6) is -1.36. The molecule has 2 heterocycles. The van der Waals surface area contributed by atoms with E-state index in [1.54, 1.807) is 30.5 Å². The van der Waals surface area contributed by atoms with E-state index in [-0.39, 0.29) is 23.0 Å². The van der Waals surface area contributed by atoms with Gasteiger partial charge in [0.15, 0.2) is 0 Å². The number of urea groups is 1.